The first-order valence-corrected chi connectivity index (χ1v) is 10.5. The van der Waals surface area contributed by atoms with Gasteiger partial charge in [-0.1, -0.05) is 17.7 Å². The number of esters is 1. The maximum atomic E-state index is 12.5. The van der Waals surface area contributed by atoms with Crippen molar-refractivity contribution in [3.05, 3.63) is 58.1 Å². The molecule has 0 aliphatic heterocycles. The number of hydrogen-bond acceptors (Lipinski definition) is 5. The van der Waals surface area contributed by atoms with Crippen LogP contribution in [0.2, 0.25) is 5.02 Å². The number of rotatable bonds is 6. The first-order chi connectivity index (χ1) is 13.0. The topological polar surface area (TPSA) is 92.8 Å². The molecule has 0 spiro atoms. The molecular formula is C19H21ClN2O5S. The maximum absolute atomic E-state index is 12.5. The van der Waals surface area contributed by atoms with Crippen LogP contribution in [0, 0.1) is 13.8 Å². The van der Waals surface area contributed by atoms with Crippen LogP contribution in [0.15, 0.2) is 36.4 Å². The highest BCUT2D eigenvalue weighted by Crippen LogP contribution is 2.25. The smallest absolute Gasteiger partial charge is 0.337 e. The van der Waals surface area contributed by atoms with Crippen LogP contribution in [-0.2, 0) is 19.6 Å². The van der Waals surface area contributed by atoms with E-state index in [2.05, 4.69) is 10.1 Å². The minimum atomic E-state index is -3.71. The van der Waals surface area contributed by atoms with Gasteiger partial charge in [0, 0.05) is 0 Å². The second-order valence-electron chi connectivity index (χ2n) is 6.35. The molecule has 0 radical (unpaired) electrons. The van der Waals surface area contributed by atoms with Crippen LogP contribution in [0.25, 0.3) is 0 Å². The summed E-state index contributed by atoms with van der Waals surface area (Å²) in [6.45, 7) is 3.24. The number of aryl methyl sites for hydroxylation is 2. The molecule has 0 heterocycles. The zero-order valence-corrected chi connectivity index (χ0v) is 17.5. The lowest BCUT2D eigenvalue weighted by molar-refractivity contribution is -0.114. The predicted molar refractivity (Wildman–Crippen MR) is 110 cm³/mol. The molecule has 0 aliphatic carbocycles. The number of sulfonamides is 1. The summed E-state index contributed by atoms with van der Waals surface area (Å²) in [5.74, 6) is -1.19. The summed E-state index contributed by atoms with van der Waals surface area (Å²) in [4.78, 5) is 24.2. The van der Waals surface area contributed by atoms with Gasteiger partial charge in [-0.25, -0.2) is 13.2 Å². The molecule has 0 saturated carbocycles. The third-order valence-corrected chi connectivity index (χ3v) is 5.31. The van der Waals surface area contributed by atoms with E-state index in [9.17, 15) is 18.0 Å². The Bertz CT molecular complexity index is 1000. The van der Waals surface area contributed by atoms with Gasteiger partial charge in [-0.05, 0) is 55.3 Å². The zero-order chi connectivity index (χ0) is 21.1. The maximum Gasteiger partial charge on any atom is 0.337 e. The van der Waals surface area contributed by atoms with E-state index in [1.165, 1.54) is 25.3 Å². The fourth-order valence-corrected chi connectivity index (χ4v) is 3.69. The van der Waals surface area contributed by atoms with Crippen molar-refractivity contribution in [3.8, 4) is 0 Å². The largest absolute Gasteiger partial charge is 0.465 e. The molecule has 1 N–H and O–H groups in total. The summed E-state index contributed by atoms with van der Waals surface area (Å²) in [5.41, 5.74) is 2.53. The fourth-order valence-electron chi connectivity index (χ4n) is 2.68. The van der Waals surface area contributed by atoms with Gasteiger partial charge in [0.2, 0.25) is 15.9 Å². The lowest BCUT2D eigenvalue weighted by atomic mass is 10.1. The Kier molecular flexibility index (Phi) is 6.69. The standard InChI is InChI=1S/C19H21ClN2O5S/c1-12-7-13(2)9-15(8-12)22(28(4,25)26)11-18(23)21-17-10-14(19(24)27-3)5-6-16(17)20/h5-10H,11H2,1-4H3,(H,21,23). The summed E-state index contributed by atoms with van der Waals surface area (Å²) >= 11 is 6.07. The van der Waals surface area contributed by atoms with Gasteiger partial charge >= 0.3 is 5.97 Å². The number of amides is 1. The number of nitrogens with one attached hydrogen (secondary N) is 1. The Morgan fingerprint density at radius 3 is 2.25 bits per heavy atom. The number of methoxy groups -OCH3 is 1. The van der Waals surface area contributed by atoms with Crippen molar-refractivity contribution in [2.75, 3.05) is 29.5 Å². The van der Waals surface area contributed by atoms with Crippen LogP contribution in [0.4, 0.5) is 11.4 Å². The first-order valence-electron chi connectivity index (χ1n) is 8.25. The lowest BCUT2D eigenvalue weighted by Gasteiger charge is -2.23. The quantitative estimate of drug-likeness (QED) is 0.719. The molecule has 0 unspecified atom stereocenters. The number of hydrogen-bond donors (Lipinski definition) is 1. The Morgan fingerprint density at radius 2 is 1.71 bits per heavy atom. The molecule has 9 heteroatoms. The molecule has 1 amide bonds. The second-order valence-corrected chi connectivity index (χ2v) is 8.66. The molecule has 0 aliphatic rings. The molecule has 2 aromatic rings. The summed E-state index contributed by atoms with van der Waals surface area (Å²) in [5, 5.41) is 2.75. The van der Waals surface area contributed by atoms with Gasteiger partial charge in [0.25, 0.3) is 0 Å². The third-order valence-electron chi connectivity index (χ3n) is 3.84. The minimum absolute atomic E-state index is 0.184. The second kappa shape index (κ2) is 8.62. The molecule has 150 valence electrons. The van der Waals surface area contributed by atoms with Gasteiger partial charge in [0.15, 0.2) is 0 Å². The molecule has 7 nitrogen and oxygen atoms in total. The van der Waals surface area contributed by atoms with Crippen LogP contribution in [0.1, 0.15) is 21.5 Å². The normalized spacial score (nSPS) is 11.0. The Labute approximate surface area is 169 Å². The van der Waals surface area contributed by atoms with Gasteiger partial charge in [0.1, 0.15) is 6.54 Å². The van der Waals surface area contributed by atoms with Crippen molar-refractivity contribution in [1.82, 2.24) is 0 Å². The molecule has 0 aromatic heterocycles. The predicted octanol–water partition coefficient (Wildman–Crippen LogP) is 3.15. The number of ether oxygens (including phenoxy) is 1. The van der Waals surface area contributed by atoms with Gasteiger partial charge in [-0.2, -0.15) is 0 Å². The number of benzene rings is 2. The molecule has 0 fully saturated rings. The SMILES string of the molecule is COC(=O)c1ccc(Cl)c(NC(=O)CN(c2cc(C)cc(C)c2)S(C)(=O)=O)c1. The van der Waals surface area contributed by atoms with E-state index in [-0.39, 0.29) is 16.3 Å². The number of carbonyl (C=O) groups excluding carboxylic acids is 2. The third kappa shape index (κ3) is 5.46. The van der Waals surface area contributed by atoms with Crippen molar-refractivity contribution in [1.29, 1.82) is 0 Å². The lowest BCUT2D eigenvalue weighted by Crippen LogP contribution is -2.37. The van der Waals surface area contributed by atoms with Crippen molar-refractivity contribution >= 4 is 44.9 Å². The average Bonchev–Trinajstić information content (AvgIpc) is 2.59. The van der Waals surface area contributed by atoms with E-state index in [1.807, 2.05) is 19.9 Å². The Balaban J connectivity index is 2.29. The number of carbonyl (C=O) groups is 2. The molecular weight excluding hydrogens is 404 g/mol. The fraction of sp³-hybridized carbons (Fsp3) is 0.263. The van der Waals surface area contributed by atoms with Gasteiger partial charge in [-0.15, -0.1) is 0 Å². The molecule has 0 saturated heterocycles. The number of halogens is 1. The summed E-state index contributed by atoms with van der Waals surface area (Å²) in [7, 11) is -2.47. The minimum Gasteiger partial charge on any atom is -0.465 e. The average molecular weight is 425 g/mol. The van der Waals surface area contributed by atoms with Crippen LogP contribution in [-0.4, -0.2) is 40.2 Å². The summed E-state index contributed by atoms with van der Waals surface area (Å²) < 4.78 is 30.2. The van der Waals surface area contributed by atoms with E-state index in [4.69, 9.17) is 11.6 Å². The van der Waals surface area contributed by atoms with E-state index >= 15 is 0 Å². The van der Waals surface area contributed by atoms with Crippen molar-refractivity contribution in [2.24, 2.45) is 0 Å². The van der Waals surface area contributed by atoms with Crippen molar-refractivity contribution < 1.29 is 22.7 Å². The van der Waals surface area contributed by atoms with Crippen LogP contribution in [0.5, 0.6) is 0 Å². The van der Waals surface area contributed by atoms with Crippen molar-refractivity contribution in [2.45, 2.75) is 13.8 Å². The molecule has 28 heavy (non-hydrogen) atoms. The highest BCUT2D eigenvalue weighted by atomic mass is 35.5. The van der Waals surface area contributed by atoms with Crippen LogP contribution >= 0.6 is 11.6 Å². The van der Waals surface area contributed by atoms with E-state index in [1.54, 1.807) is 12.1 Å². The van der Waals surface area contributed by atoms with E-state index < -0.39 is 28.4 Å². The Hall–Kier alpha value is -2.58. The van der Waals surface area contributed by atoms with Crippen molar-refractivity contribution in [3.63, 3.8) is 0 Å². The van der Waals surface area contributed by atoms with Gasteiger partial charge < -0.3 is 10.1 Å². The van der Waals surface area contributed by atoms with Gasteiger partial charge in [-0.3, -0.25) is 9.10 Å². The molecule has 0 atom stereocenters. The first kappa shape index (κ1) is 21.7. The Morgan fingerprint density at radius 1 is 1.11 bits per heavy atom. The van der Waals surface area contributed by atoms with E-state index in [0.29, 0.717) is 5.69 Å². The summed E-state index contributed by atoms with van der Waals surface area (Å²) in [6, 6.07) is 9.55. The van der Waals surface area contributed by atoms with Crippen LogP contribution in [0.3, 0.4) is 0 Å². The number of anilines is 2. The van der Waals surface area contributed by atoms with Gasteiger partial charge in [0.05, 0.1) is 35.3 Å². The molecule has 2 rings (SSSR count). The zero-order valence-electron chi connectivity index (χ0n) is 15.9. The highest BCUT2D eigenvalue weighted by Gasteiger charge is 2.22. The molecule has 0 bridgehead atoms. The highest BCUT2D eigenvalue weighted by molar-refractivity contribution is 7.92. The summed E-state index contributed by atoms with van der Waals surface area (Å²) in [6.07, 6.45) is 1.03. The van der Waals surface area contributed by atoms with Crippen LogP contribution < -0.4 is 9.62 Å². The van der Waals surface area contributed by atoms with E-state index in [0.717, 1.165) is 21.7 Å². The number of nitrogens with zero attached hydrogens (tertiary/aromatic N) is 1. The monoisotopic (exact) mass is 424 g/mol. The molecule has 2 aromatic carbocycles.